The second-order valence-electron chi connectivity index (χ2n) is 3.68. The Balaban J connectivity index is 3.88. The molecule has 0 fully saturated rings. The molecule has 0 aromatic rings. The third kappa shape index (κ3) is 4.32. The van der Waals surface area contributed by atoms with E-state index in [-0.39, 0.29) is 0 Å². The lowest BCUT2D eigenvalue weighted by Crippen LogP contribution is -2.16. The number of hydrogen-bond donors (Lipinski definition) is 1. The summed E-state index contributed by atoms with van der Waals surface area (Å²) in [5.41, 5.74) is 0.828. The molecule has 1 unspecified atom stereocenters. The monoisotopic (exact) mass is 167 g/mol. The van der Waals surface area contributed by atoms with Gasteiger partial charge in [0.1, 0.15) is 0 Å². The summed E-state index contributed by atoms with van der Waals surface area (Å²) in [6.45, 7) is 8.35. The summed E-state index contributed by atoms with van der Waals surface area (Å²) in [5.74, 6) is 1.08. The van der Waals surface area contributed by atoms with Gasteiger partial charge in [-0.25, -0.2) is 0 Å². The van der Waals surface area contributed by atoms with Gasteiger partial charge >= 0.3 is 0 Å². The summed E-state index contributed by atoms with van der Waals surface area (Å²) in [4.78, 5) is 0. The molecule has 1 N–H and O–H groups in total. The van der Waals surface area contributed by atoms with Crippen molar-refractivity contribution in [2.75, 3.05) is 0 Å². The van der Waals surface area contributed by atoms with Crippen molar-refractivity contribution in [1.29, 1.82) is 5.41 Å². The Morgan fingerprint density at radius 3 is 2.33 bits per heavy atom. The Labute approximate surface area is 76.4 Å². The summed E-state index contributed by atoms with van der Waals surface area (Å²) < 4.78 is 0. The summed E-state index contributed by atoms with van der Waals surface area (Å²) in [5, 5.41) is 7.59. The lowest BCUT2D eigenvalue weighted by atomic mass is 9.87. The molecule has 0 radical (unpaired) electrons. The van der Waals surface area contributed by atoms with Gasteiger partial charge in [0.25, 0.3) is 0 Å². The molecule has 0 aliphatic carbocycles. The molecule has 0 saturated heterocycles. The fraction of sp³-hybridized carbons (Fsp3) is 0.727. The van der Waals surface area contributed by atoms with E-state index in [1.807, 2.05) is 13.8 Å². The van der Waals surface area contributed by atoms with Crippen molar-refractivity contribution in [3.05, 3.63) is 12.2 Å². The third-order valence-electron chi connectivity index (χ3n) is 2.24. The molecular weight excluding hydrogens is 146 g/mol. The van der Waals surface area contributed by atoms with Crippen LogP contribution in [-0.4, -0.2) is 5.71 Å². The van der Waals surface area contributed by atoms with Crippen LogP contribution in [0.2, 0.25) is 0 Å². The van der Waals surface area contributed by atoms with E-state index in [1.165, 1.54) is 0 Å². The predicted octanol–water partition coefficient (Wildman–Crippen LogP) is 3.65. The maximum atomic E-state index is 7.59. The zero-order valence-electron chi connectivity index (χ0n) is 8.72. The van der Waals surface area contributed by atoms with E-state index in [1.54, 1.807) is 0 Å². The minimum Gasteiger partial charge on any atom is -0.310 e. The fourth-order valence-electron chi connectivity index (χ4n) is 1.49. The standard InChI is InChI=1S/C11H21N/c1-5-6-7-8-11(9(2)3)10(4)12/h5-6,9,11-12H,7-8H2,1-4H3. The van der Waals surface area contributed by atoms with E-state index in [4.69, 9.17) is 5.41 Å². The van der Waals surface area contributed by atoms with Crippen LogP contribution in [-0.2, 0) is 0 Å². The van der Waals surface area contributed by atoms with Gasteiger partial charge in [0.2, 0.25) is 0 Å². The maximum Gasteiger partial charge on any atom is 0.00917 e. The lowest BCUT2D eigenvalue weighted by molar-refractivity contribution is 0.463. The average molecular weight is 167 g/mol. The van der Waals surface area contributed by atoms with E-state index in [9.17, 15) is 0 Å². The van der Waals surface area contributed by atoms with Gasteiger partial charge in [0, 0.05) is 5.71 Å². The first-order chi connectivity index (χ1) is 5.59. The van der Waals surface area contributed by atoms with E-state index in [0.717, 1.165) is 18.6 Å². The maximum absolute atomic E-state index is 7.59. The minimum absolute atomic E-state index is 0.473. The highest BCUT2D eigenvalue weighted by Gasteiger charge is 2.13. The van der Waals surface area contributed by atoms with Crippen LogP contribution in [0.15, 0.2) is 12.2 Å². The Morgan fingerprint density at radius 1 is 1.42 bits per heavy atom. The van der Waals surface area contributed by atoms with Crippen LogP contribution in [0.25, 0.3) is 0 Å². The summed E-state index contributed by atoms with van der Waals surface area (Å²) >= 11 is 0. The lowest BCUT2D eigenvalue weighted by Gasteiger charge is -2.18. The topological polar surface area (TPSA) is 23.9 Å². The molecule has 0 bridgehead atoms. The van der Waals surface area contributed by atoms with Crippen LogP contribution in [0.4, 0.5) is 0 Å². The van der Waals surface area contributed by atoms with Gasteiger partial charge in [-0.3, -0.25) is 0 Å². The molecule has 0 saturated carbocycles. The van der Waals surface area contributed by atoms with Crippen molar-refractivity contribution in [1.82, 2.24) is 0 Å². The minimum atomic E-state index is 0.473. The van der Waals surface area contributed by atoms with Crippen LogP contribution < -0.4 is 0 Å². The highest BCUT2D eigenvalue weighted by molar-refractivity contribution is 5.81. The van der Waals surface area contributed by atoms with Crippen LogP contribution in [0.1, 0.15) is 40.5 Å². The highest BCUT2D eigenvalue weighted by atomic mass is 14.4. The zero-order valence-corrected chi connectivity index (χ0v) is 8.72. The van der Waals surface area contributed by atoms with Gasteiger partial charge in [-0.15, -0.1) is 0 Å². The first-order valence-electron chi connectivity index (χ1n) is 4.75. The average Bonchev–Trinajstić information content (AvgIpc) is 1.96. The van der Waals surface area contributed by atoms with Crippen molar-refractivity contribution >= 4 is 5.71 Å². The van der Waals surface area contributed by atoms with Gasteiger partial charge in [0.15, 0.2) is 0 Å². The molecule has 70 valence electrons. The van der Waals surface area contributed by atoms with E-state index < -0.39 is 0 Å². The smallest absolute Gasteiger partial charge is 0.00917 e. The summed E-state index contributed by atoms with van der Waals surface area (Å²) in [7, 11) is 0. The molecule has 0 amide bonds. The molecule has 12 heavy (non-hydrogen) atoms. The summed E-state index contributed by atoms with van der Waals surface area (Å²) in [6, 6.07) is 0. The number of rotatable bonds is 5. The molecule has 0 aliphatic heterocycles. The number of allylic oxidation sites excluding steroid dienone is 2. The van der Waals surface area contributed by atoms with Gasteiger partial charge in [-0.1, -0.05) is 26.0 Å². The SMILES string of the molecule is CC=CCCC(C(C)=N)C(C)C. The van der Waals surface area contributed by atoms with Crippen LogP contribution in [0.5, 0.6) is 0 Å². The van der Waals surface area contributed by atoms with Crippen molar-refractivity contribution in [3.63, 3.8) is 0 Å². The van der Waals surface area contributed by atoms with Crippen LogP contribution >= 0.6 is 0 Å². The van der Waals surface area contributed by atoms with Crippen LogP contribution in [0.3, 0.4) is 0 Å². The fourth-order valence-corrected chi connectivity index (χ4v) is 1.49. The Morgan fingerprint density at radius 2 is 2.00 bits per heavy atom. The van der Waals surface area contributed by atoms with Gasteiger partial charge in [-0.2, -0.15) is 0 Å². The quantitative estimate of drug-likeness (QED) is 0.477. The second kappa shape index (κ2) is 5.99. The van der Waals surface area contributed by atoms with E-state index >= 15 is 0 Å². The second-order valence-corrected chi connectivity index (χ2v) is 3.68. The van der Waals surface area contributed by atoms with Gasteiger partial charge in [0.05, 0.1) is 0 Å². The van der Waals surface area contributed by atoms with E-state index in [2.05, 4.69) is 26.0 Å². The number of hydrogen-bond acceptors (Lipinski definition) is 1. The molecule has 1 heteroatoms. The van der Waals surface area contributed by atoms with Crippen LogP contribution in [0, 0.1) is 17.2 Å². The normalized spacial score (nSPS) is 14.1. The van der Waals surface area contributed by atoms with Crippen molar-refractivity contribution < 1.29 is 0 Å². The van der Waals surface area contributed by atoms with Crippen molar-refractivity contribution in [3.8, 4) is 0 Å². The van der Waals surface area contributed by atoms with Gasteiger partial charge < -0.3 is 5.41 Å². The molecule has 0 aliphatic rings. The number of nitrogens with one attached hydrogen (secondary N) is 1. The van der Waals surface area contributed by atoms with Gasteiger partial charge in [-0.05, 0) is 38.5 Å². The Hall–Kier alpha value is -0.590. The Kier molecular flexibility index (Phi) is 5.69. The summed E-state index contributed by atoms with van der Waals surface area (Å²) in [6.07, 6.45) is 6.49. The molecule has 0 heterocycles. The Bertz CT molecular complexity index is 156. The molecule has 0 spiro atoms. The third-order valence-corrected chi connectivity index (χ3v) is 2.24. The molecular formula is C11H21N. The largest absolute Gasteiger partial charge is 0.310 e. The molecule has 1 nitrogen and oxygen atoms in total. The molecule has 1 atom stereocenters. The molecule has 0 rings (SSSR count). The van der Waals surface area contributed by atoms with Crippen molar-refractivity contribution in [2.24, 2.45) is 11.8 Å². The first kappa shape index (κ1) is 11.4. The zero-order chi connectivity index (χ0) is 9.56. The first-order valence-corrected chi connectivity index (χ1v) is 4.75. The highest BCUT2D eigenvalue weighted by Crippen LogP contribution is 2.18. The predicted molar refractivity (Wildman–Crippen MR) is 55.8 cm³/mol. The van der Waals surface area contributed by atoms with E-state index in [0.29, 0.717) is 11.8 Å². The molecule has 0 aromatic heterocycles. The molecule has 0 aromatic carbocycles. The van der Waals surface area contributed by atoms with Crippen molar-refractivity contribution in [2.45, 2.75) is 40.5 Å².